The van der Waals surface area contributed by atoms with Crippen LogP contribution in [-0.2, 0) is 4.74 Å². The Kier molecular flexibility index (Phi) is 3.21. The second-order valence-corrected chi connectivity index (χ2v) is 7.16. The standard InChI is InChI=1S/C15H22N6O2/c1-15(2)5-9(6-22)23-13(15)21-7-17-10-11(18-8-3-4-8)19-14(16)20-12(10)21/h7-9,13,22H,3-6H2,1-2H3,(H3,16,18,19,20)/t9-,13+/m0/s1. The van der Waals surface area contributed by atoms with E-state index in [0.717, 1.165) is 19.3 Å². The van der Waals surface area contributed by atoms with Gasteiger partial charge in [-0.1, -0.05) is 13.8 Å². The van der Waals surface area contributed by atoms with E-state index in [1.54, 1.807) is 6.33 Å². The largest absolute Gasteiger partial charge is 0.394 e. The van der Waals surface area contributed by atoms with Crippen molar-refractivity contribution in [2.24, 2.45) is 5.41 Å². The number of ether oxygens (including phenoxy) is 1. The van der Waals surface area contributed by atoms with Crippen molar-refractivity contribution >= 4 is 22.9 Å². The van der Waals surface area contributed by atoms with Crippen molar-refractivity contribution in [3.8, 4) is 0 Å². The number of hydrogen-bond donors (Lipinski definition) is 3. The Morgan fingerprint density at radius 3 is 2.87 bits per heavy atom. The summed E-state index contributed by atoms with van der Waals surface area (Å²) in [6, 6.07) is 0.454. The summed E-state index contributed by atoms with van der Waals surface area (Å²) in [5.74, 6) is 0.903. The zero-order chi connectivity index (χ0) is 16.2. The van der Waals surface area contributed by atoms with Gasteiger partial charge in [0.15, 0.2) is 17.0 Å². The zero-order valence-corrected chi connectivity index (χ0v) is 13.4. The number of fused-ring (bicyclic) bond motifs is 1. The minimum absolute atomic E-state index is 0.0121. The topological polar surface area (TPSA) is 111 Å². The van der Waals surface area contributed by atoms with Gasteiger partial charge in [-0.25, -0.2) is 4.98 Å². The van der Waals surface area contributed by atoms with E-state index in [9.17, 15) is 5.11 Å². The molecule has 1 aliphatic heterocycles. The number of aliphatic hydroxyl groups excluding tert-OH is 1. The summed E-state index contributed by atoms with van der Waals surface area (Å²) in [7, 11) is 0. The van der Waals surface area contributed by atoms with Gasteiger partial charge in [-0.3, -0.25) is 4.57 Å². The number of aromatic nitrogens is 4. The first-order valence-corrected chi connectivity index (χ1v) is 8.01. The van der Waals surface area contributed by atoms with Crippen LogP contribution >= 0.6 is 0 Å². The summed E-state index contributed by atoms with van der Waals surface area (Å²) < 4.78 is 7.91. The second-order valence-electron chi connectivity index (χ2n) is 7.16. The van der Waals surface area contributed by atoms with Crippen molar-refractivity contribution in [2.45, 2.75) is 51.5 Å². The Balaban J connectivity index is 1.77. The fraction of sp³-hybridized carbons (Fsp3) is 0.667. The maximum Gasteiger partial charge on any atom is 0.224 e. The van der Waals surface area contributed by atoms with E-state index in [0.29, 0.717) is 23.0 Å². The van der Waals surface area contributed by atoms with E-state index in [2.05, 4.69) is 34.1 Å². The van der Waals surface area contributed by atoms with Gasteiger partial charge >= 0.3 is 0 Å². The number of nitrogen functional groups attached to an aromatic ring is 1. The molecule has 2 aromatic rings. The fourth-order valence-electron chi connectivity index (χ4n) is 3.28. The van der Waals surface area contributed by atoms with E-state index >= 15 is 0 Å². The van der Waals surface area contributed by atoms with Crippen molar-refractivity contribution in [1.82, 2.24) is 19.5 Å². The molecule has 23 heavy (non-hydrogen) atoms. The highest BCUT2D eigenvalue weighted by Crippen LogP contribution is 2.45. The lowest BCUT2D eigenvalue weighted by atomic mass is 9.87. The summed E-state index contributed by atoms with van der Waals surface area (Å²) >= 11 is 0. The highest BCUT2D eigenvalue weighted by Gasteiger charge is 2.43. The molecular weight excluding hydrogens is 296 g/mol. The van der Waals surface area contributed by atoms with Gasteiger partial charge < -0.3 is 20.9 Å². The summed E-state index contributed by atoms with van der Waals surface area (Å²) in [5.41, 5.74) is 7.12. The molecule has 4 rings (SSSR count). The van der Waals surface area contributed by atoms with Gasteiger partial charge in [0, 0.05) is 11.5 Å². The lowest BCUT2D eigenvalue weighted by Crippen LogP contribution is -2.22. The molecule has 0 spiro atoms. The Morgan fingerprint density at radius 1 is 1.43 bits per heavy atom. The third-order valence-corrected chi connectivity index (χ3v) is 4.56. The number of nitrogens with zero attached hydrogens (tertiary/aromatic N) is 4. The minimum Gasteiger partial charge on any atom is -0.394 e. The smallest absolute Gasteiger partial charge is 0.224 e. The SMILES string of the molecule is CC1(C)C[C@@H](CO)O[C@H]1n1cnc2c(NC3CC3)nc(N)nc21. The molecule has 8 heteroatoms. The normalized spacial score (nSPS) is 26.7. The van der Waals surface area contributed by atoms with Gasteiger partial charge in [-0.15, -0.1) is 0 Å². The Morgan fingerprint density at radius 2 is 2.22 bits per heavy atom. The van der Waals surface area contributed by atoms with E-state index < -0.39 is 0 Å². The maximum atomic E-state index is 9.42. The molecule has 0 radical (unpaired) electrons. The molecule has 8 nitrogen and oxygen atoms in total. The second kappa shape index (κ2) is 5.04. The number of nitrogens with two attached hydrogens (primary N) is 1. The van der Waals surface area contributed by atoms with E-state index in [1.807, 2.05) is 4.57 Å². The molecule has 3 heterocycles. The highest BCUT2D eigenvalue weighted by atomic mass is 16.5. The molecule has 124 valence electrons. The average molecular weight is 318 g/mol. The van der Waals surface area contributed by atoms with Crippen LogP contribution in [0.25, 0.3) is 11.2 Å². The molecular formula is C15H22N6O2. The van der Waals surface area contributed by atoms with Crippen LogP contribution in [0.3, 0.4) is 0 Å². The predicted molar refractivity (Wildman–Crippen MR) is 85.8 cm³/mol. The lowest BCUT2D eigenvalue weighted by Gasteiger charge is -2.26. The first-order chi connectivity index (χ1) is 11.0. The highest BCUT2D eigenvalue weighted by molar-refractivity contribution is 5.84. The van der Waals surface area contributed by atoms with E-state index in [1.165, 1.54) is 0 Å². The number of hydrogen-bond acceptors (Lipinski definition) is 7. The van der Waals surface area contributed by atoms with Gasteiger partial charge in [0.2, 0.25) is 5.95 Å². The number of nitrogens with one attached hydrogen (secondary N) is 1. The minimum atomic E-state index is -0.243. The van der Waals surface area contributed by atoms with Crippen molar-refractivity contribution in [2.75, 3.05) is 17.7 Å². The monoisotopic (exact) mass is 318 g/mol. The van der Waals surface area contributed by atoms with Crippen molar-refractivity contribution < 1.29 is 9.84 Å². The molecule has 0 unspecified atom stereocenters. The number of anilines is 2. The van der Waals surface area contributed by atoms with Crippen LogP contribution in [0.2, 0.25) is 0 Å². The van der Waals surface area contributed by atoms with Gasteiger partial charge in [0.05, 0.1) is 19.0 Å². The fourth-order valence-corrected chi connectivity index (χ4v) is 3.28. The summed E-state index contributed by atoms with van der Waals surface area (Å²) in [6.45, 7) is 4.25. The van der Waals surface area contributed by atoms with Crippen LogP contribution in [0.4, 0.5) is 11.8 Å². The third-order valence-electron chi connectivity index (χ3n) is 4.56. The molecule has 1 aliphatic carbocycles. The quantitative estimate of drug-likeness (QED) is 0.779. The predicted octanol–water partition coefficient (Wildman–Crippen LogP) is 1.29. The molecule has 0 amide bonds. The molecule has 0 aromatic carbocycles. The molecule has 2 atom stereocenters. The summed E-state index contributed by atoms with van der Waals surface area (Å²) in [5, 5.41) is 12.8. The van der Waals surface area contributed by atoms with E-state index in [4.69, 9.17) is 10.5 Å². The third kappa shape index (κ3) is 2.51. The number of rotatable bonds is 4. The molecule has 2 aliphatic rings. The summed E-state index contributed by atoms with van der Waals surface area (Å²) in [4.78, 5) is 13.1. The average Bonchev–Trinajstić information content (AvgIpc) is 3.12. The molecule has 1 saturated carbocycles. The van der Waals surface area contributed by atoms with Crippen LogP contribution in [0.1, 0.15) is 39.3 Å². The Bertz CT molecular complexity index is 739. The lowest BCUT2D eigenvalue weighted by molar-refractivity contribution is -0.0447. The Labute approximate surface area is 134 Å². The number of aliphatic hydroxyl groups is 1. The van der Waals surface area contributed by atoms with Crippen LogP contribution in [0.5, 0.6) is 0 Å². The molecule has 1 saturated heterocycles. The van der Waals surface area contributed by atoms with Crippen LogP contribution in [-0.4, -0.2) is 43.4 Å². The van der Waals surface area contributed by atoms with E-state index in [-0.39, 0.29) is 30.3 Å². The van der Waals surface area contributed by atoms with Crippen LogP contribution in [0, 0.1) is 5.41 Å². The molecule has 0 bridgehead atoms. The van der Waals surface area contributed by atoms with Crippen LogP contribution in [0.15, 0.2) is 6.33 Å². The molecule has 4 N–H and O–H groups in total. The Hall–Kier alpha value is -1.93. The van der Waals surface area contributed by atoms with Gasteiger partial charge in [-0.2, -0.15) is 9.97 Å². The van der Waals surface area contributed by atoms with Crippen LogP contribution < -0.4 is 11.1 Å². The van der Waals surface area contributed by atoms with Crippen molar-refractivity contribution in [3.05, 3.63) is 6.33 Å². The zero-order valence-electron chi connectivity index (χ0n) is 13.4. The first-order valence-electron chi connectivity index (χ1n) is 8.01. The first kappa shape index (κ1) is 14.6. The maximum absolute atomic E-state index is 9.42. The number of imidazole rings is 1. The van der Waals surface area contributed by atoms with Gasteiger partial charge in [0.1, 0.15) is 6.23 Å². The summed E-state index contributed by atoms with van der Waals surface area (Å²) in [6.07, 6.45) is 4.37. The molecule has 2 fully saturated rings. The van der Waals surface area contributed by atoms with Crippen molar-refractivity contribution in [1.29, 1.82) is 0 Å². The molecule has 2 aromatic heterocycles. The van der Waals surface area contributed by atoms with Gasteiger partial charge in [-0.05, 0) is 19.3 Å². The van der Waals surface area contributed by atoms with Crippen molar-refractivity contribution in [3.63, 3.8) is 0 Å². The van der Waals surface area contributed by atoms with Gasteiger partial charge in [0.25, 0.3) is 0 Å².